The topological polar surface area (TPSA) is 87.5 Å². The minimum atomic E-state index is -1.38. The maximum atomic E-state index is 11.5. The van der Waals surface area contributed by atoms with Crippen LogP contribution in [-0.4, -0.2) is 28.4 Å². The first-order valence-electron chi connectivity index (χ1n) is 4.73. The second kappa shape index (κ2) is 4.91. The van der Waals surface area contributed by atoms with E-state index in [0.717, 1.165) is 0 Å². The Morgan fingerprint density at radius 1 is 1.40 bits per heavy atom. The van der Waals surface area contributed by atoms with Gasteiger partial charge in [-0.15, -0.1) is 0 Å². The molecule has 0 aromatic carbocycles. The van der Waals surface area contributed by atoms with Crippen LogP contribution in [0, 0.1) is 11.3 Å². The van der Waals surface area contributed by atoms with E-state index < -0.39 is 29.2 Å². The lowest BCUT2D eigenvalue weighted by atomic mass is 10.0. The number of hydrogen-bond acceptors (Lipinski definition) is 4. The molecule has 0 heterocycles. The average Bonchev–Trinajstić information content (AvgIpc) is 2.01. The predicted octanol–water partition coefficient (Wildman–Crippen LogP) is 1.46. The lowest BCUT2D eigenvalue weighted by molar-refractivity contribution is -0.158. The van der Waals surface area contributed by atoms with E-state index in [9.17, 15) is 9.59 Å². The number of carboxylic acids is 1. The van der Waals surface area contributed by atoms with Crippen molar-refractivity contribution in [1.82, 2.24) is 0 Å². The molecule has 0 bridgehead atoms. The van der Waals surface area contributed by atoms with Gasteiger partial charge in [0, 0.05) is 0 Å². The number of nitrogens with one attached hydrogen (secondary N) is 1. The Balaban J connectivity index is 4.63. The van der Waals surface area contributed by atoms with Gasteiger partial charge in [-0.2, -0.15) is 0 Å². The third-order valence-corrected chi connectivity index (χ3v) is 1.68. The van der Waals surface area contributed by atoms with Gasteiger partial charge in [0.2, 0.25) is 0 Å². The summed E-state index contributed by atoms with van der Waals surface area (Å²) in [4.78, 5) is 22.0. The van der Waals surface area contributed by atoms with E-state index in [2.05, 4.69) is 0 Å². The summed E-state index contributed by atoms with van der Waals surface area (Å²) in [6, 6.07) is 0. The molecule has 1 unspecified atom stereocenters. The number of carboxylic acid groups (broad SMARTS) is 1. The van der Waals surface area contributed by atoms with Gasteiger partial charge in [-0.3, -0.25) is 10.2 Å². The molecule has 0 fully saturated rings. The zero-order valence-corrected chi connectivity index (χ0v) is 9.46. The molecule has 0 amide bonds. The van der Waals surface area contributed by atoms with Crippen LogP contribution in [0.2, 0.25) is 0 Å². The van der Waals surface area contributed by atoms with Crippen LogP contribution in [0.1, 0.15) is 34.1 Å². The van der Waals surface area contributed by atoms with Crippen molar-refractivity contribution >= 4 is 17.7 Å². The number of carbonyl (C=O) groups excluding carboxylic acids is 1. The van der Waals surface area contributed by atoms with E-state index in [1.807, 2.05) is 0 Å². The number of hydrogen-bond donors (Lipinski definition) is 2. The molecule has 1 atom stereocenters. The molecule has 0 aromatic rings. The molecular formula is C10H17NO4. The van der Waals surface area contributed by atoms with E-state index in [4.69, 9.17) is 15.3 Å². The fourth-order valence-corrected chi connectivity index (χ4v) is 1.01. The Kier molecular flexibility index (Phi) is 4.45. The van der Waals surface area contributed by atoms with Crippen molar-refractivity contribution in [2.45, 2.75) is 39.7 Å². The van der Waals surface area contributed by atoms with Gasteiger partial charge in [-0.1, -0.05) is 6.92 Å². The molecule has 0 radical (unpaired) electrons. The van der Waals surface area contributed by atoms with E-state index in [1.165, 1.54) is 0 Å². The number of aliphatic carboxylic acids is 1. The second-order valence-electron chi connectivity index (χ2n) is 4.21. The van der Waals surface area contributed by atoms with Gasteiger partial charge in [0.15, 0.2) is 0 Å². The molecule has 0 spiro atoms. The van der Waals surface area contributed by atoms with Gasteiger partial charge < -0.3 is 9.84 Å². The summed E-state index contributed by atoms with van der Waals surface area (Å²) in [5.41, 5.74) is -1.28. The second-order valence-corrected chi connectivity index (χ2v) is 4.21. The molecule has 2 N–H and O–H groups in total. The molecular weight excluding hydrogens is 198 g/mol. The molecule has 0 aliphatic rings. The van der Waals surface area contributed by atoms with Crippen molar-refractivity contribution in [1.29, 1.82) is 5.41 Å². The summed E-state index contributed by atoms with van der Waals surface area (Å²) in [7, 11) is 0. The van der Waals surface area contributed by atoms with Crippen LogP contribution in [0.3, 0.4) is 0 Å². The van der Waals surface area contributed by atoms with Crippen LogP contribution in [0.5, 0.6) is 0 Å². The smallest absolute Gasteiger partial charge is 0.350 e. The fourth-order valence-electron chi connectivity index (χ4n) is 1.01. The van der Waals surface area contributed by atoms with Crippen LogP contribution in [-0.2, 0) is 14.3 Å². The first-order valence-corrected chi connectivity index (χ1v) is 4.73. The highest BCUT2D eigenvalue weighted by molar-refractivity contribution is 6.38. The molecule has 0 saturated heterocycles. The number of esters is 1. The summed E-state index contributed by atoms with van der Waals surface area (Å²) in [6.07, 6.45) is 0.250. The van der Waals surface area contributed by atoms with E-state index in [0.29, 0.717) is 0 Å². The summed E-state index contributed by atoms with van der Waals surface area (Å²) in [5, 5.41) is 15.8. The quantitative estimate of drug-likeness (QED) is 0.549. The van der Waals surface area contributed by atoms with Crippen molar-refractivity contribution in [3.8, 4) is 0 Å². The van der Waals surface area contributed by atoms with Gasteiger partial charge in [0.05, 0.1) is 0 Å². The molecule has 0 aromatic heterocycles. The lowest BCUT2D eigenvalue weighted by Crippen LogP contribution is -2.35. The molecule has 0 rings (SSSR count). The molecule has 0 saturated carbocycles. The SMILES string of the molecule is CCC(C(=N)C(=O)O)C(=O)OC(C)(C)C. The monoisotopic (exact) mass is 215 g/mol. The highest BCUT2D eigenvalue weighted by atomic mass is 16.6. The van der Waals surface area contributed by atoms with Crippen molar-refractivity contribution in [2.24, 2.45) is 5.92 Å². The van der Waals surface area contributed by atoms with Crippen molar-refractivity contribution in [3.63, 3.8) is 0 Å². The lowest BCUT2D eigenvalue weighted by Gasteiger charge is -2.22. The maximum Gasteiger partial charge on any atom is 0.350 e. The van der Waals surface area contributed by atoms with Crippen LogP contribution >= 0.6 is 0 Å². The third kappa shape index (κ3) is 4.58. The number of rotatable bonds is 4. The minimum Gasteiger partial charge on any atom is -0.477 e. The van der Waals surface area contributed by atoms with E-state index >= 15 is 0 Å². The minimum absolute atomic E-state index is 0.250. The summed E-state index contributed by atoms with van der Waals surface area (Å²) >= 11 is 0. The van der Waals surface area contributed by atoms with E-state index in [-0.39, 0.29) is 6.42 Å². The fraction of sp³-hybridized carbons (Fsp3) is 0.700. The van der Waals surface area contributed by atoms with E-state index in [1.54, 1.807) is 27.7 Å². The molecule has 86 valence electrons. The van der Waals surface area contributed by atoms with Crippen molar-refractivity contribution in [3.05, 3.63) is 0 Å². The maximum absolute atomic E-state index is 11.5. The van der Waals surface area contributed by atoms with Crippen LogP contribution in [0.15, 0.2) is 0 Å². The Morgan fingerprint density at radius 3 is 2.13 bits per heavy atom. The third-order valence-electron chi connectivity index (χ3n) is 1.68. The van der Waals surface area contributed by atoms with Crippen molar-refractivity contribution < 1.29 is 19.4 Å². The van der Waals surface area contributed by atoms with Gasteiger partial charge in [-0.05, 0) is 27.2 Å². The van der Waals surface area contributed by atoms with Crippen LogP contribution in [0.25, 0.3) is 0 Å². The Morgan fingerprint density at radius 2 is 1.87 bits per heavy atom. The number of ether oxygens (including phenoxy) is 1. The summed E-state index contributed by atoms with van der Waals surface area (Å²) in [6.45, 7) is 6.73. The first-order chi connectivity index (χ1) is 6.69. The zero-order valence-electron chi connectivity index (χ0n) is 9.46. The summed E-state index contributed by atoms with van der Waals surface area (Å²) in [5.74, 6) is -3.02. The van der Waals surface area contributed by atoms with Gasteiger partial charge in [-0.25, -0.2) is 4.79 Å². The molecule has 0 aliphatic carbocycles. The standard InChI is InChI=1S/C10H17NO4/c1-5-6(7(11)8(12)13)9(14)15-10(2,3)4/h6,11H,5H2,1-4H3,(H,12,13). The Bertz CT molecular complexity index is 278. The Labute approximate surface area is 88.9 Å². The van der Waals surface area contributed by atoms with Gasteiger partial charge in [0.25, 0.3) is 0 Å². The predicted molar refractivity (Wildman–Crippen MR) is 55.0 cm³/mol. The van der Waals surface area contributed by atoms with Gasteiger partial charge in [0.1, 0.15) is 17.2 Å². The van der Waals surface area contributed by atoms with Crippen LogP contribution < -0.4 is 0 Å². The molecule has 15 heavy (non-hydrogen) atoms. The normalized spacial score (nSPS) is 13.1. The molecule has 5 nitrogen and oxygen atoms in total. The highest BCUT2D eigenvalue weighted by Gasteiger charge is 2.30. The Hall–Kier alpha value is -1.39. The van der Waals surface area contributed by atoms with Crippen LogP contribution in [0.4, 0.5) is 0 Å². The average molecular weight is 215 g/mol. The molecule has 5 heteroatoms. The highest BCUT2D eigenvalue weighted by Crippen LogP contribution is 2.14. The number of carbonyl (C=O) groups is 2. The zero-order chi connectivity index (χ0) is 12.2. The first kappa shape index (κ1) is 13.6. The van der Waals surface area contributed by atoms with Crippen molar-refractivity contribution in [2.75, 3.05) is 0 Å². The van der Waals surface area contributed by atoms with Gasteiger partial charge >= 0.3 is 11.9 Å². The summed E-state index contributed by atoms with van der Waals surface area (Å²) < 4.78 is 5.02. The largest absolute Gasteiger partial charge is 0.477 e. The molecule has 0 aliphatic heterocycles.